The van der Waals surface area contributed by atoms with Crippen LogP contribution in [0.3, 0.4) is 0 Å². The predicted molar refractivity (Wildman–Crippen MR) is 144 cm³/mol. The first-order valence-electron chi connectivity index (χ1n) is 13.2. The molecule has 0 atom stereocenters. The summed E-state index contributed by atoms with van der Waals surface area (Å²) in [5.74, 6) is 3.17. The van der Waals surface area contributed by atoms with Crippen molar-refractivity contribution >= 4 is 26.7 Å². The maximum atomic E-state index is 11.4. The van der Waals surface area contributed by atoms with Crippen LogP contribution in [0.2, 0.25) is 0 Å². The minimum Gasteiger partial charge on any atom is -0.493 e. The van der Waals surface area contributed by atoms with Gasteiger partial charge in [-0.3, -0.25) is 0 Å². The monoisotopic (exact) mass is 511 g/mol. The van der Waals surface area contributed by atoms with Crippen molar-refractivity contribution in [2.75, 3.05) is 43.6 Å². The molecule has 5 rings (SSSR count). The van der Waals surface area contributed by atoms with E-state index in [0.717, 1.165) is 28.4 Å². The molecule has 2 aromatic heterocycles. The summed E-state index contributed by atoms with van der Waals surface area (Å²) >= 11 is 0. The third kappa shape index (κ3) is 6.37. The lowest BCUT2D eigenvalue weighted by Gasteiger charge is -2.31. The zero-order valence-corrected chi connectivity index (χ0v) is 21.9. The van der Waals surface area contributed by atoms with Gasteiger partial charge < -0.3 is 19.5 Å². The largest absolute Gasteiger partial charge is 0.493 e. The van der Waals surface area contributed by atoms with Gasteiger partial charge >= 0.3 is 0 Å². The standard InChI is InChI=1S/C27H37N5O3S/c1-36(33,34)19-5-18-35-25-7-4-6-24-23(25)13-17-32(24)26-12-14-28-27(30-26)29-22-10-8-21(9-11-22)20-31-15-2-3-16-31/h4,6-7,12-14,17,21-22H,2-3,5,8-11,15-16,18-20H2,1H3,(H,28,29,30)/t21-,22-. The van der Waals surface area contributed by atoms with Crippen molar-refractivity contribution in [1.82, 2.24) is 19.4 Å². The summed E-state index contributed by atoms with van der Waals surface area (Å²) in [6, 6.07) is 10.2. The molecular weight excluding hydrogens is 474 g/mol. The van der Waals surface area contributed by atoms with Gasteiger partial charge in [-0.25, -0.2) is 13.4 Å². The number of hydrogen-bond donors (Lipinski definition) is 1. The van der Waals surface area contributed by atoms with Crippen LogP contribution in [0.1, 0.15) is 44.9 Å². The van der Waals surface area contributed by atoms with E-state index in [2.05, 4.69) is 15.2 Å². The zero-order valence-electron chi connectivity index (χ0n) is 21.1. The van der Waals surface area contributed by atoms with Crippen molar-refractivity contribution in [1.29, 1.82) is 0 Å². The van der Waals surface area contributed by atoms with Crippen LogP contribution in [0.4, 0.5) is 5.95 Å². The van der Waals surface area contributed by atoms with Crippen LogP contribution < -0.4 is 10.1 Å². The van der Waals surface area contributed by atoms with Gasteiger partial charge in [0.1, 0.15) is 21.4 Å². The average molecular weight is 512 g/mol. The van der Waals surface area contributed by atoms with Gasteiger partial charge in [0.25, 0.3) is 0 Å². The first-order valence-corrected chi connectivity index (χ1v) is 15.2. The summed E-state index contributed by atoms with van der Waals surface area (Å²) in [6.45, 7) is 4.19. The lowest BCUT2D eigenvalue weighted by atomic mass is 9.86. The number of ether oxygens (including phenoxy) is 1. The van der Waals surface area contributed by atoms with Gasteiger partial charge in [-0.1, -0.05) is 6.07 Å². The summed E-state index contributed by atoms with van der Waals surface area (Å²) in [5, 5.41) is 4.55. The Morgan fingerprint density at radius 1 is 1.08 bits per heavy atom. The number of nitrogens with one attached hydrogen (secondary N) is 1. The van der Waals surface area contributed by atoms with E-state index in [9.17, 15) is 8.42 Å². The van der Waals surface area contributed by atoms with Crippen LogP contribution in [0.5, 0.6) is 5.75 Å². The van der Waals surface area contributed by atoms with E-state index in [4.69, 9.17) is 9.72 Å². The highest BCUT2D eigenvalue weighted by atomic mass is 32.2. The van der Waals surface area contributed by atoms with E-state index >= 15 is 0 Å². The van der Waals surface area contributed by atoms with Crippen LogP contribution in [-0.4, -0.2) is 72.1 Å². The molecule has 2 aliphatic rings. The van der Waals surface area contributed by atoms with Crippen LogP contribution in [0.15, 0.2) is 42.7 Å². The first kappa shape index (κ1) is 25.0. The predicted octanol–water partition coefficient (Wildman–Crippen LogP) is 4.30. The maximum absolute atomic E-state index is 11.4. The Labute approximate surface area is 214 Å². The van der Waals surface area contributed by atoms with E-state index in [1.807, 2.05) is 41.1 Å². The number of nitrogens with zero attached hydrogens (tertiary/aromatic N) is 4. The second-order valence-corrected chi connectivity index (χ2v) is 12.6. The highest BCUT2D eigenvalue weighted by molar-refractivity contribution is 7.90. The van der Waals surface area contributed by atoms with E-state index in [1.165, 1.54) is 64.4 Å². The minimum absolute atomic E-state index is 0.126. The molecule has 2 fully saturated rings. The van der Waals surface area contributed by atoms with Gasteiger partial charge in [0.2, 0.25) is 5.95 Å². The highest BCUT2D eigenvalue weighted by Crippen LogP contribution is 2.30. The van der Waals surface area contributed by atoms with E-state index in [-0.39, 0.29) is 5.75 Å². The summed E-state index contributed by atoms with van der Waals surface area (Å²) in [4.78, 5) is 12.0. The van der Waals surface area contributed by atoms with Crippen LogP contribution in [0.25, 0.3) is 16.7 Å². The molecule has 1 aliphatic carbocycles. The van der Waals surface area contributed by atoms with E-state index in [1.54, 1.807) is 6.20 Å². The molecule has 9 heteroatoms. The zero-order chi connectivity index (χ0) is 25.0. The van der Waals surface area contributed by atoms with Crippen molar-refractivity contribution in [2.45, 2.75) is 51.0 Å². The summed E-state index contributed by atoms with van der Waals surface area (Å²) in [6.07, 6.45) is 13.1. The number of hydrogen-bond acceptors (Lipinski definition) is 7. The number of sulfone groups is 1. The lowest BCUT2D eigenvalue weighted by Crippen LogP contribution is -2.33. The van der Waals surface area contributed by atoms with Crippen molar-refractivity contribution in [3.05, 3.63) is 42.7 Å². The van der Waals surface area contributed by atoms with Gasteiger partial charge in [0, 0.05) is 36.6 Å². The number of anilines is 1. The van der Waals surface area contributed by atoms with Crippen molar-refractivity contribution in [3.63, 3.8) is 0 Å². The quantitative estimate of drug-likeness (QED) is 0.406. The highest BCUT2D eigenvalue weighted by Gasteiger charge is 2.24. The Hall–Kier alpha value is -2.65. The van der Waals surface area contributed by atoms with Crippen LogP contribution >= 0.6 is 0 Å². The number of rotatable bonds is 10. The molecule has 0 unspecified atom stereocenters. The van der Waals surface area contributed by atoms with Crippen molar-refractivity contribution in [3.8, 4) is 11.6 Å². The fourth-order valence-corrected chi connectivity index (χ4v) is 6.17. The Morgan fingerprint density at radius 3 is 2.67 bits per heavy atom. The third-order valence-electron chi connectivity index (χ3n) is 7.39. The molecule has 1 saturated carbocycles. The van der Waals surface area contributed by atoms with Gasteiger partial charge in [0.15, 0.2) is 0 Å². The van der Waals surface area contributed by atoms with Gasteiger partial charge in [-0.2, -0.15) is 4.98 Å². The molecule has 3 heterocycles. The second kappa shape index (κ2) is 11.2. The molecule has 3 aromatic rings. The summed E-state index contributed by atoms with van der Waals surface area (Å²) in [5.41, 5.74) is 0.989. The minimum atomic E-state index is -2.98. The maximum Gasteiger partial charge on any atom is 0.224 e. The first-order chi connectivity index (χ1) is 17.4. The SMILES string of the molecule is CS(=O)(=O)CCCOc1cccc2c1ccn2-c1ccnc(N[C@H]2CC[C@H](CN3CCCC3)CC2)n1. The van der Waals surface area contributed by atoms with Gasteiger partial charge in [-0.05, 0) is 88.2 Å². The molecule has 8 nitrogen and oxygen atoms in total. The van der Waals surface area contributed by atoms with E-state index in [0.29, 0.717) is 25.0 Å². The van der Waals surface area contributed by atoms with Crippen LogP contribution in [-0.2, 0) is 9.84 Å². The lowest BCUT2D eigenvalue weighted by molar-refractivity contribution is 0.228. The fraction of sp³-hybridized carbons (Fsp3) is 0.556. The summed E-state index contributed by atoms with van der Waals surface area (Å²) < 4.78 is 30.7. The number of fused-ring (bicyclic) bond motifs is 1. The smallest absolute Gasteiger partial charge is 0.224 e. The molecular formula is C27H37N5O3S. The van der Waals surface area contributed by atoms with Crippen molar-refractivity contribution < 1.29 is 13.2 Å². The summed E-state index contributed by atoms with van der Waals surface area (Å²) in [7, 11) is -2.98. The second-order valence-electron chi connectivity index (χ2n) is 10.3. The Kier molecular flexibility index (Phi) is 7.76. The van der Waals surface area contributed by atoms with E-state index < -0.39 is 9.84 Å². The molecule has 0 bridgehead atoms. The topological polar surface area (TPSA) is 89.3 Å². The Balaban J connectivity index is 1.21. The molecule has 194 valence electrons. The molecule has 1 saturated heterocycles. The van der Waals surface area contributed by atoms with Gasteiger partial charge in [0.05, 0.1) is 17.9 Å². The molecule has 0 amide bonds. The molecule has 0 radical (unpaired) electrons. The number of benzene rings is 1. The number of likely N-dealkylation sites (tertiary alicyclic amines) is 1. The molecule has 0 spiro atoms. The molecule has 1 aliphatic heterocycles. The Bertz CT molecular complexity index is 1260. The normalized spacial score (nSPS) is 21.1. The van der Waals surface area contributed by atoms with Crippen molar-refractivity contribution in [2.24, 2.45) is 5.92 Å². The fourth-order valence-electron chi connectivity index (χ4n) is 5.52. The molecule has 1 aromatic carbocycles. The third-order valence-corrected chi connectivity index (χ3v) is 8.42. The Morgan fingerprint density at radius 2 is 1.89 bits per heavy atom. The van der Waals surface area contributed by atoms with Crippen LogP contribution in [0, 0.1) is 5.92 Å². The average Bonchev–Trinajstić information content (AvgIpc) is 3.53. The van der Waals surface area contributed by atoms with Gasteiger partial charge in [-0.15, -0.1) is 0 Å². The molecule has 36 heavy (non-hydrogen) atoms. The molecule has 1 N–H and O–H groups in total. The number of aromatic nitrogens is 3.